The summed E-state index contributed by atoms with van der Waals surface area (Å²) in [5.41, 5.74) is 1.35. The number of hydrogen-bond donors (Lipinski definition) is 0. The maximum atomic E-state index is 5.96. The summed E-state index contributed by atoms with van der Waals surface area (Å²) in [4.78, 5) is 0. The minimum atomic E-state index is -3.07. The first kappa shape index (κ1) is 16.9. The molecule has 0 atom stereocenters. The topological polar surface area (TPSA) is 0 Å². The molecule has 0 aliphatic carbocycles. The van der Waals surface area contributed by atoms with Gasteiger partial charge in [-0.05, 0) is 21.5 Å². The third-order valence-corrected chi connectivity index (χ3v) is 8.28. The normalized spacial score (nSPS) is 12.3. The van der Waals surface area contributed by atoms with Crippen LogP contribution in [0.15, 0.2) is 37.4 Å². The van der Waals surface area contributed by atoms with Crippen LogP contribution in [0.3, 0.4) is 0 Å². The minimum Gasteiger partial charge on any atom is -0.121 e. The van der Waals surface area contributed by atoms with Gasteiger partial charge in [0.2, 0.25) is 0 Å². The van der Waals surface area contributed by atoms with Crippen LogP contribution < -0.4 is 0 Å². The fourth-order valence-electron chi connectivity index (χ4n) is 1.31. The van der Waals surface area contributed by atoms with Crippen LogP contribution in [0.5, 0.6) is 0 Å². The third-order valence-electron chi connectivity index (χ3n) is 2.26. The van der Waals surface area contributed by atoms with Crippen LogP contribution in [-0.2, 0) is 0 Å². The standard InChI is InChI=1S/C10H8Cl6Si2/c1-7(17(11,12)13)9-5-3-4-6-10(9)8(2)18(14,15)16/h3-6H,1-2H2. The predicted molar refractivity (Wildman–Crippen MR) is 91.1 cm³/mol. The molecule has 8 heteroatoms. The van der Waals surface area contributed by atoms with Crippen molar-refractivity contribution in [2.75, 3.05) is 0 Å². The van der Waals surface area contributed by atoms with Crippen molar-refractivity contribution in [1.82, 2.24) is 0 Å². The number of rotatable bonds is 4. The molecular weight excluding hydrogens is 389 g/mol. The summed E-state index contributed by atoms with van der Waals surface area (Å²) in [6, 6.07) is 1.03. The van der Waals surface area contributed by atoms with E-state index in [0.717, 1.165) is 0 Å². The average molecular weight is 397 g/mol. The van der Waals surface area contributed by atoms with Crippen LogP contribution in [0.2, 0.25) is 0 Å². The minimum absolute atomic E-state index is 0.451. The molecule has 0 aliphatic rings. The van der Waals surface area contributed by atoms with Crippen LogP contribution in [0.1, 0.15) is 11.1 Å². The Balaban J connectivity index is 3.33. The molecule has 0 radical (unpaired) electrons. The molecule has 0 N–H and O–H groups in total. The van der Waals surface area contributed by atoms with Gasteiger partial charge in [0.25, 0.3) is 0 Å². The second-order valence-electron chi connectivity index (χ2n) is 3.50. The van der Waals surface area contributed by atoms with Crippen molar-refractivity contribution >= 4 is 88.9 Å². The van der Waals surface area contributed by atoms with Gasteiger partial charge in [0.1, 0.15) is 0 Å². The molecule has 1 rings (SSSR count). The molecule has 0 spiro atoms. The molecule has 0 fully saturated rings. The highest BCUT2D eigenvalue weighted by molar-refractivity contribution is 7.71. The zero-order valence-electron chi connectivity index (χ0n) is 8.99. The molecule has 1 aromatic rings. The summed E-state index contributed by atoms with van der Waals surface area (Å²) >= 11 is 35.8. The Labute approximate surface area is 136 Å². The first-order valence-electron chi connectivity index (χ1n) is 4.67. The molecule has 98 valence electrons. The van der Waals surface area contributed by atoms with Crippen molar-refractivity contribution < 1.29 is 0 Å². The molecule has 0 bridgehead atoms. The molecule has 18 heavy (non-hydrogen) atoms. The summed E-state index contributed by atoms with van der Waals surface area (Å²) in [5, 5.41) is 0.903. The fraction of sp³-hybridized carbons (Fsp3) is 0. The lowest BCUT2D eigenvalue weighted by molar-refractivity contribution is 1.59. The molecule has 0 unspecified atom stereocenters. The number of halogens is 6. The Kier molecular flexibility index (Phi) is 5.74. The monoisotopic (exact) mass is 394 g/mol. The van der Waals surface area contributed by atoms with E-state index in [-0.39, 0.29) is 0 Å². The van der Waals surface area contributed by atoms with Crippen LogP contribution >= 0.6 is 66.5 Å². The molecule has 0 nitrogen and oxygen atoms in total. The van der Waals surface area contributed by atoms with E-state index < -0.39 is 12.0 Å². The molecule has 0 saturated heterocycles. The zero-order chi connectivity index (χ0) is 14.1. The van der Waals surface area contributed by atoms with E-state index in [1.165, 1.54) is 0 Å². The second kappa shape index (κ2) is 6.10. The summed E-state index contributed by atoms with van der Waals surface area (Å²) in [6.45, 7) is 7.66. The molecule has 0 aromatic heterocycles. The summed E-state index contributed by atoms with van der Waals surface area (Å²) in [6.07, 6.45) is 0. The van der Waals surface area contributed by atoms with Gasteiger partial charge in [-0.15, -0.1) is 66.5 Å². The maximum absolute atomic E-state index is 5.96. The molecule has 0 heterocycles. The van der Waals surface area contributed by atoms with Gasteiger partial charge < -0.3 is 0 Å². The maximum Gasteiger partial charge on any atom is 0.372 e. The predicted octanol–water partition coefficient (Wildman–Crippen LogP) is 6.10. The van der Waals surface area contributed by atoms with Gasteiger partial charge >= 0.3 is 12.0 Å². The van der Waals surface area contributed by atoms with Gasteiger partial charge in [0, 0.05) is 0 Å². The smallest absolute Gasteiger partial charge is 0.121 e. The van der Waals surface area contributed by atoms with E-state index in [4.69, 9.17) is 66.5 Å². The largest absolute Gasteiger partial charge is 0.372 e. The van der Waals surface area contributed by atoms with Crippen LogP contribution in [0.25, 0.3) is 10.4 Å². The third kappa shape index (κ3) is 4.19. The first-order chi connectivity index (χ1) is 8.05. The summed E-state index contributed by atoms with van der Waals surface area (Å²) in [5.74, 6) is 0. The van der Waals surface area contributed by atoms with Gasteiger partial charge in [-0.1, -0.05) is 37.4 Å². The summed E-state index contributed by atoms with van der Waals surface area (Å²) < 4.78 is 0. The van der Waals surface area contributed by atoms with Crippen LogP contribution in [0.4, 0.5) is 0 Å². The van der Waals surface area contributed by atoms with Crippen molar-refractivity contribution in [1.29, 1.82) is 0 Å². The zero-order valence-corrected chi connectivity index (χ0v) is 15.5. The molecule has 0 aliphatic heterocycles. The van der Waals surface area contributed by atoms with E-state index in [9.17, 15) is 0 Å². The van der Waals surface area contributed by atoms with E-state index in [1.54, 1.807) is 12.1 Å². The lowest BCUT2D eigenvalue weighted by Gasteiger charge is -2.19. The van der Waals surface area contributed by atoms with Gasteiger partial charge in [0.05, 0.1) is 0 Å². The van der Waals surface area contributed by atoms with E-state index in [2.05, 4.69) is 13.2 Å². The fourth-order valence-corrected chi connectivity index (χ4v) is 4.19. The van der Waals surface area contributed by atoms with E-state index in [0.29, 0.717) is 21.5 Å². The average Bonchev–Trinajstić information content (AvgIpc) is 2.24. The Morgan fingerprint density at radius 1 is 0.722 bits per heavy atom. The SMILES string of the molecule is C=C(c1ccccc1C(=C)[Si](Cl)(Cl)Cl)[Si](Cl)(Cl)Cl. The lowest BCUT2D eigenvalue weighted by Crippen LogP contribution is -2.17. The second-order valence-corrected chi connectivity index (χ2v) is 20.4. The van der Waals surface area contributed by atoms with Crippen LogP contribution in [-0.4, -0.2) is 12.0 Å². The van der Waals surface area contributed by atoms with Gasteiger partial charge in [-0.2, -0.15) is 0 Å². The van der Waals surface area contributed by atoms with Crippen molar-refractivity contribution in [3.63, 3.8) is 0 Å². The highest BCUT2D eigenvalue weighted by Gasteiger charge is 2.35. The highest BCUT2D eigenvalue weighted by atomic mass is 35.8. The van der Waals surface area contributed by atoms with Crippen LogP contribution in [0, 0.1) is 0 Å². The quantitative estimate of drug-likeness (QED) is 0.426. The van der Waals surface area contributed by atoms with Gasteiger partial charge in [-0.3, -0.25) is 0 Å². The Bertz CT molecular complexity index is 441. The lowest BCUT2D eigenvalue weighted by atomic mass is 10.1. The highest BCUT2D eigenvalue weighted by Crippen LogP contribution is 2.41. The van der Waals surface area contributed by atoms with Crippen molar-refractivity contribution in [2.24, 2.45) is 0 Å². The number of benzene rings is 1. The first-order valence-corrected chi connectivity index (χ1v) is 14.7. The molecule has 0 amide bonds. The Hall–Kier alpha value is 0.874. The molecule has 1 aromatic carbocycles. The summed E-state index contributed by atoms with van der Waals surface area (Å²) in [7, 11) is 0. The van der Waals surface area contributed by atoms with E-state index in [1.807, 2.05) is 12.1 Å². The van der Waals surface area contributed by atoms with Gasteiger partial charge in [0.15, 0.2) is 0 Å². The van der Waals surface area contributed by atoms with E-state index >= 15 is 0 Å². The molecule has 0 saturated carbocycles. The van der Waals surface area contributed by atoms with Crippen molar-refractivity contribution in [2.45, 2.75) is 0 Å². The van der Waals surface area contributed by atoms with Crippen molar-refractivity contribution in [3.05, 3.63) is 48.6 Å². The van der Waals surface area contributed by atoms with Gasteiger partial charge in [-0.25, -0.2) is 0 Å². The Morgan fingerprint density at radius 3 is 1.22 bits per heavy atom. The number of hydrogen-bond acceptors (Lipinski definition) is 0. The van der Waals surface area contributed by atoms with Crippen molar-refractivity contribution in [3.8, 4) is 0 Å². The Morgan fingerprint density at radius 2 is 1.00 bits per heavy atom. The molecular formula is C10H8Cl6Si2.